The molecule has 2 nitrogen and oxygen atoms in total. The molecule has 1 atom stereocenters. The summed E-state index contributed by atoms with van der Waals surface area (Å²) in [5, 5.41) is 0. The van der Waals surface area contributed by atoms with Crippen LogP contribution in [0.2, 0.25) is 0 Å². The van der Waals surface area contributed by atoms with Crippen LogP contribution in [0.4, 0.5) is 0 Å². The van der Waals surface area contributed by atoms with E-state index in [0.717, 1.165) is 0 Å². The van der Waals surface area contributed by atoms with Crippen LogP contribution in [-0.4, -0.2) is 30.9 Å². The lowest BCUT2D eigenvalue weighted by molar-refractivity contribution is 0.345. The number of nitrogens with zero attached hydrogens (tertiary/aromatic N) is 2. The van der Waals surface area contributed by atoms with E-state index < -0.39 is 0 Å². The first kappa shape index (κ1) is 9.17. The van der Waals surface area contributed by atoms with Crippen LogP contribution in [0.5, 0.6) is 0 Å². The molecule has 0 amide bonds. The molecule has 0 aliphatic carbocycles. The van der Waals surface area contributed by atoms with Crippen molar-refractivity contribution in [3.8, 4) is 0 Å². The first-order valence-corrected chi connectivity index (χ1v) is 4.33. The van der Waals surface area contributed by atoms with Crippen molar-refractivity contribution in [1.29, 1.82) is 0 Å². The van der Waals surface area contributed by atoms with Crippen LogP contribution in [0.25, 0.3) is 0 Å². The van der Waals surface area contributed by atoms with Crippen molar-refractivity contribution in [2.75, 3.05) is 21.1 Å². The summed E-state index contributed by atoms with van der Waals surface area (Å²) in [6.07, 6.45) is 4.36. The van der Waals surface area contributed by atoms with Crippen molar-refractivity contribution in [3.05, 3.63) is 23.7 Å². The Labute approximate surface area is 75.2 Å². The maximum Gasteiger partial charge on any atom is 0.107 e. The van der Waals surface area contributed by atoms with E-state index in [9.17, 15) is 0 Å². The van der Waals surface area contributed by atoms with Crippen LogP contribution < -0.4 is 0 Å². The highest BCUT2D eigenvalue weighted by molar-refractivity contribution is 5.22. The number of hydrogen-bond donors (Lipinski definition) is 0. The van der Waals surface area contributed by atoms with Gasteiger partial charge in [-0.1, -0.05) is 13.0 Å². The Morgan fingerprint density at radius 3 is 2.42 bits per heavy atom. The second kappa shape index (κ2) is 3.21. The maximum absolute atomic E-state index is 2.22. The third-order valence-corrected chi connectivity index (χ3v) is 2.39. The van der Waals surface area contributed by atoms with E-state index in [1.807, 2.05) is 0 Å². The summed E-state index contributed by atoms with van der Waals surface area (Å²) < 4.78 is 0. The van der Waals surface area contributed by atoms with E-state index in [1.54, 1.807) is 0 Å². The largest absolute Gasteiger partial charge is 0.364 e. The third-order valence-electron chi connectivity index (χ3n) is 2.39. The molecule has 1 heterocycles. The molecule has 12 heavy (non-hydrogen) atoms. The molecule has 2 heteroatoms. The van der Waals surface area contributed by atoms with Crippen molar-refractivity contribution in [2.24, 2.45) is 5.92 Å². The number of rotatable bonds is 1. The average Bonchev–Trinajstić information content (AvgIpc) is 1.97. The number of allylic oxidation sites excluding steroid dienone is 2. The van der Waals surface area contributed by atoms with Gasteiger partial charge in [-0.05, 0) is 12.5 Å². The van der Waals surface area contributed by atoms with E-state index in [4.69, 9.17) is 0 Å². The summed E-state index contributed by atoms with van der Waals surface area (Å²) in [6, 6.07) is 0. The van der Waals surface area contributed by atoms with Gasteiger partial charge in [0, 0.05) is 33.3 Å². The van der Waals surface area contributed by atoms with Gasteiger partial charge >= 0.3 is 0 Å². The van der Waals surface area contributed by atoms with Crippen molar-refractivity contribution < 1.29 is 0 Å². The first-order valence-electron chi connectivity index (χ1n) is 4.33. The normalized spacial score (nSPS) is 23.4. The minimum atomic E-state index is 0.568. The Morgan fingerprint density at radius 1 is 1.42 bits per heavy atom. The van der Waals surface area contributed by atoms with Crippen LogP contribution in [0.1, 0.15) is 13.8 Å². The van der Waals surface area contributed by atoms with E-state index >= 15 is 0 Å². The Kier molecular flexibility index (Phi) is 2.46. The van der Waals surface area contributed by atoms with Gasteiger partial charge in [0.1, 0.15) is 5.82 Å². The fraction of sp³-hybridized carbons (Fsp3) is 0.600. The van der Waals surface area contributed by atoms with E-state index in [2.05, 4.69) is 57.1 Å². The lowest BCUT2D eigenvalue weighted by Gasteiger charge is -2.32. The monoisotopic (exact) mass is 166 g/mol. The second-order valence-electron chi connectivity index (χ2n) is 3.64. The highest BCUT2D eigenvalue weighted by Crippen LogP contribution is 2.24. The Hall–Kier alpha value is -0.920. The average molecular weight is 166 g/mol. The summed E-state index contributed by atoms with van der Waals surface area (Å²) in [6.45, 7) is 4.42. The molecule has 0 saturated carbocycles. The Morgan fingerprint density at radius 2 is 2.00 bits per heavy atom. The minimum absolute atomic E-state index is 0.568. The molecule has 0 saturated heterocycles. The zero-order valence-corrected chi connectivity index (χ0v) is 8.63. The smallest absolute Gasteiger partial charge is 0.107 e. The minimum Gasteiger partial charge on any atom is -0.364 e. The van der Waals surface area contributed by atoms with Gasteiger partial charge in [0.25, 0.3) is 0 Å². The zero-order chi connectivity index (χ0) is 9.30. The molecule has 0 fully saturated rings. The van der Waals surface area contributed by atoms with Gasteiger partial charge in [0.15, 0.2) is 0 Å². The SMILES string of the molecule is CC1=C(N(C)C)N(C)C=CC1C. The number of hydrogen-bond acceptors (Lipinski definition) is 2. The highest BCUT2D eigenvalue weighted by atomic mass is 15.3. The molecule has 0 N–H and O–H groups in total. The van der Waals surface area contributed by atoms with Crippen LogP contribution in [0, 0.1) is 5.92 Å². The van der Waals surface area contributed by atoms with Crippen LogP contribution in [-0.2, 0) is 0 Å². The quantitative estimate of drug-likeness (QED) is 0.587. The lowest BCUT2D eigenvalue weighted by Crippen LogP contribution is -2.29. The molecule has 0 spiro atoms. The predicted octanol–water partition coefficient (Wildman–Crippen LogP) is 1.87. The van der Waals surface area contributed by atoms with Crippen molar-refractivity contribution >= 4 is 0 Å². The second-order valence-corrected chi connectivity index (χ2v) is 3.64. The van der Waals surface area contributed by atoms with Crippen molar-refractivity contribution in [1.82, 2.24) is 9.80 Å². The van der Waals surface area contributed by atoms with Gasteiger partial charge in [0.2, 0.25) is 0 Å². The van der Waals surface area contributed by atoms with Crippen LogP contribution in [0.3, 0.4) is 0 Å². The van der Waals surface area contributed by atoms with Gasteiger partial charge in [-0.25, -0.2) is 0 Å². The molecular formula is C10H18N2. The predicted molar refractivity (Wildman–Crippen MR) is 52.5 cm³/mol. The fourth-order valence-electron chi connectivity index (χ4n) is 1.62. The van der Waals surface area contributed by atoms with E-state index in [1.165, 1.54) is 11.4 Å². The van der Waals surface area contributed by atoms with Crippen LogP contribution in [0.15, 0.2) is 23.7 Å². The zero-order valence-electron chi connectivity index (χ0n) is 8.63. The van der Waals surface area contributed by atoms with Gasteiger partial charge in [-0.3, -0.25) is 0 Å². The lowest BCUT2D eigenvalue weighted by atomic mass is 10.00. The maximum atomic E-state index is 2.22. The van der Waals surface area contributed by atoms with Crippen LogP contribution >= 0.6 is 0 Å². The summed E-state index contributed by atoms with van der Waals surface area (Å²) in [4.78, 5) is 4.32. The molecule has 0 bridgehead atoms. The Balaban J connectivity index is 2.97. The topological polar surface area (TPSA) is 6.48 Å². The molecular weight excluding hydrogens is 148 g/mol. The molecule has 1 unspecified atom stereocenters. The van der Waals surface area contributed by atoms with E-state index in [0.29, 0.717) is 5.92 Å². The van der Waals surface area contributed by atoms with Gasteiger partial charge in [-0.15, -0.1) is 0 Å². The van der Waals surface area contributed by atoms with Gasteiger partial charge < -0.3 is 9.80 Å². The molecule has 0 radical (unpaired) electrons. The summed E-state index contributed by atoms with van der Waals surface area (Å²) in [5.74, 6) is 1.88. The molecule has 1 aliphatic heterocycles. The van der Waals surface area contributed by atoms with Gasteiger partial charge in [-0.2, -0.15) is 0 Å². The van der Waals surface area contributed by atoms with Crippen molar-refractivity contribution in [2.45, 2.75) is 13.8 Å². The fourth-order valence-corrected chi connectivity index (χ4v) is 1.62. The first-order chi connectivity index (χ1) is 5.54. The summed E-state index contributed by atoms with van der Waals surface area (Å²) >= 11 is 0. The Bertz CT molecular complexity index is 226. The molecule has 0 aromatic heterocycles. The molecule has 1 rings (SSSR count). The van der Waals surface area contributed by atoms with Crippen molar-refractivity contribution in [3.63, 3.8) is 0 Å². The molecule has 68 valence electrons. The van der Waals surface area contributed by atoms with Gasteiger partial charge in [0.05, 0.1) is 0 Å². The molecule has 0 aromatic carbocycles. The standard InChI is InChI=1S/C10H18N2/c1-8-6-7-12(5)10(9(8)2)11(3)4/h6-8H,1-5H3. The summed E-state index contributed by atoms with van der Waals surface area (Å²) in [7, 11) is 6.25. The molecule has 0 aromatic rings. The highest BCUT2D eigenvalue weighted by Gasteiger charge is 2.16. The summed E-state index contributed by atoms with van der Waals surface area (Å²) in [5.41, 5.74) is 1.44. The van der Waals surface area contributed by atoms with E-state index in [-0.39, 0.29) is 0 Å². The molecule has 1 aliphatic rings. The third kappa shape index (κ3) is 1.47.